The molecule has 3 aromatic rings. The van der Waals surface area contributed by atoms with Gasteiger partial charge >= 0.3 is 6.18 Å². The third-order valence-electron chi connectivity index (χ3n) is 7.03. The smallest absolute Gasteiger partial charge is 0.425 e. The van der Waals surface area contributed by atoms with Gasteiger partial charge in [-0.25, -0.2) is 0 Å². The molecule has 0 saturated carbocycles. The lowest BCUT2D eigenvalue weighted by Gasteiger charge is -2.33. The molecule has 7 nitrogen and oxygen atoms in total. The van der Waals surface area contributed by atoms with E-state index in [0.717, 1.165) is 10.5 Å². The molecule has 41 heavy (non-hydrogen) atoms. The van der Waals surface area contributed by atoms with Crippen LogP contribution in [0.3, 0.4) is 0 Å². The fraction of sp³-hybridized carbons (Fsp3) is 0.258. The molecule has 214 valence electrons. The molecule has 0 saturated heterocycles. The molecule has 0 aliphatic carbocycles. The number of halogens is 3. The normalized spacial score (nSPS) is 17.0. The van der Waals surface area contributed by atoms with E-state index < -0.39 is 34.9 Å². The van der Waals surface area contributed by atoms with Crippen LogP contribution in [0.15, 0.2) is 90.1 Å². The van der Waals surface area contributed by atoms with E-state index >= 15 is 13.2 Å². The first-order chi connectivity index (χ1) is 19.5. The number of rotatable bonds is 10. The summed E-state index contributed by atoms with van der Waals surface area (Å²) in [4.78, 5) is 41.8. The molecular formula is C31H29F3N2O5. The lowest BCUT2D eigenvalue weighted by atomic mass is 9.84. The van der Waals surface area contributed by atoms with Crippen molar-refractivity contribution in [2.45, 2.75) is 31.5 Å². The molecule has 2 amide bonds. The Hall–Kier alpha value is -4.60. The number of allylic oxidation sites excluding steroid dienone is 1. The van der Waals surface area contributed by atoms with Gasteiger partial charge < -0.3 is 19.7 Å². The first-order valence-corrected chi connectivity index (χ1v) is 12.8. The van der Waals surface area contributed by atoms with Gasteiger partial charge in [0.15, 0.2) is 17.3 Å². The molecule has 0 radical (unpaired) electrons. The van der Waals surface area contributed by atoms with Gasteiger partial charge in [-0.05, 0) is 43.5 Å². The highest BCUT2D eigenvalue weighted by molar-refractivity contribution is 6.19. The minimum absolute atomic E-state index is 0.0465. The summed E-state index contributed by atoms with van der Waals surface area (Å²) in [6.07, 6.45) is -4.53. The van der Waals surface area contributed by atoms with Gasteiger partial charge in [-0.2, -0.15) is 13.2 Å². The van der Waals surface area contributed by atoms with Crippen LogP contribution in [0.2, 0.25) is 0 Å². The second-order valence-electron chi connectivity index (χ2n) is 9.47. The maximum Gasteiger partial charge on any atom is 0.425 e. The van der Waals surface area contributed by atoms with Gasteiger partial charge in [0.05, 0.1) is 19.8 Å². The Morgan fingerprint density at radius 3 is 2.07 bits per heavy atom. The molecule has 0 aromatic heterocycles. The van der Waals surface area contributed by atoms with Gasteiger partial charge in [-0.15, -0.1) is 0 Å². The SMILES string of the molecule is COc1ccc(C(=O)N[C@@]2(C(F)(F)F)C(=O)N(CCCc3ccccc3)C(C)=C2C(=O)c2ccccc2)cc1OC. The number of aryl methyl sites for hydroxylation is 1. The van der Waals surface area contributed by atoms with Crippen LogP contribution in [-0.4, -0.2) is 55.0 Å². The molecule has 1 atom stereocenters. The van der Waals surface area contributed by atoms with Crippen LogP contribution in [0, 0.1) is 0 Å². The molecule has 1 heterocycles. The van der Waals surface area contributed by atoms with Gasteiger partial charge in [0.1, 0.15) is 0 Å². The number of nitrogens with zero attached hydrogens (tertiary/aromatic N) is 1. The van der Waals surface area contributed by atoms with Crippen molar-refractivity contribution in [3.8, 4) is 11.5 Å². The molecule has 1 aliphatic heterocycles. The average molecular weight is 567 g/mol. The van der Waals surface area contributed by atoms with Crippen LogP contribution in [-0.2, 0) is 11.2 Å². The largest absolute Gasteiger partial charge is 0.493 e. The predicted molar refractivity (Wildman–Crippen MR) is 146 cm³/mol. The summed E-state index contributed by atoms with van der Waals surface area (Å²) in [5.74, 6) is -3.30. The van der Waals surface area contributed by atoms with E-state index in [9.17, 15) is 14.4 Å². The van der Waals surface area contributed by atoms with E-state index in [0.29, 0.717) is 12.8 Å². The number of alkyl halides is 3. The number of carbonyl (C=O) groups excluding carboxylic acids is 3. The summed E-state index contributed by atoms with van der Waals surface area (Å²) in [7, 11) is 2.68. The summed E-state index contributed by atoms with van der Waals surface area (Å²) in [6.45, 7) is 1.21. The zero-order valence-corrected chi connectivity index (χ0v) is 22.7. The third-order valence-corrected chi connectivity index (χ3v) is 7.03. The predicted octanol–water partition coefficient (Wildman–Crippen LogP) is 5.37. The average Bonchev–Trinajstić information content (AvgIpc) is 3.19. The van der Waals surface area contributed by atoms with Crippen molar-refractivity contribution in [2.24, 2.45) is 0 Å². The van der Waals surface area contributed by atoms with Gasteiger partial charge in [0, 0.05) is 23.4 Å². The Kier molecular flexibility index (Phi) is 8.51. The summed E-state index contributed by atoms with van der Waals surface area (Å²) >= 11 is 0. The summed E-state index contributed by atoms with van der Waals surface area (Å²) in [5, 5.41) is 1.93. The molecule has 0 fully saturated rings. The number of methoxy groups -OCH3 is 2. The number of benzene rings is 3. The molecule has 1 aliphatic rings. The topological polar surface area (TPSA) is 84.9 Å². The highest BCUT2D eigenvalue weighted by atomic mass is 19.4. The highest BCUT2D eigenvalue weighted by Gasteiger charge is 2.70. The van der Waals surface area contributed by atoms with E-state index in [4.69, 9.17) is 9.47 Å². The zero-order valence-electron chi connectivity index (χ0n) is 22.7. The van der Waals surface area contributed by atoms with E-state index in [2.05, 4.69) is 0 Å². The second kappa shape index (κ2) is 11.9. The van der Waals surface area contributed by atoms with Crippen molar-refractivity contribution >= 4 is 17.6 Å². The Bertz CT molecular complexity index is 1470. The van der Waals surface area contributed by atoms with Crippen LogP contribution in [0.5, 0.6) is 11.5 Å². The van der Waals surface area contributed by atoms with Crippen LogP contribution in [0.1, 0.15) is 39.6 Å². The fourth-order valence-electron chi connectivity index (χ4n) is 4.96. The van der Waals surface area contributed by atoms with Crippen molar-refractivity contribution in [3.63, 3.8) is 0 Å². The Morgan fingerprint density at radius 1 is 0.878 bits per heavy atom. The maximum atomic E-state index is 15.2. The van der Waals surface area contributed by atoms with Gasteiger partial charge in [0.25, 0.3) is 11.8 Å². The second-order valence-corrected chi connectivity index (χ2v) is 9.47. The van der Waals surface area contributed by atoms with Gasteiger partial charge in [-0.3, -0.25) is 14.4 Å². The van der Waals surface area contributed by atoms with E-state index in [-0.39, 0.29) is 34.9 Å². The molecule has 0 unspecified atom stereocenters. The van der Waals surface area contributed by atoms with E-state index in [1.54, 1.807) is 6.07 Å². The first kappa shape index (κ1) is 29.4. The zero-order chi connectivity index (χ0) is 29.8. The number of carbonyl (C=O) groups is 3. The number of nitrogens with one attached hydrogen (secondary N) is 1. The number of ether oxygens (including phenoxy) is 2. The van der Waals surface area contributed by atoms with E-state index in [1.165, 1.54) is 63.6 Å². The molecule has 0 spiro atoms. The number of amides is 2. The Balaban J connectivity index is 1.78. The molecule has 0 bridgehead atoms. The molecule has 3 aromatic carbocycles. The van der Waals surface area contributed by atoms with Crippen molar-refractivity contribution in [3.05, 3.63) is 107 Å². The lowest BCUT2D eigenvalue weighted by molar-refractivity contribution is -0.189. The maximum absolute atomic E-state index is 15.2. The Morgan fingerprint density at radius 2 is 1.49 bits per heavy atom. The van der Waals surface area contributed by atoms with Gasteiger partial charge in [-0.1, -0.05) is 60.7 Å². The number of hydrogen-bond acceptors (Lipinski definition) is 5. The first-order valence-electron chi connectivity index (χ1n) is 12.8. The third kappa shape index (κ3) is 5.54. The summed E-state index contributed by atoms with van der Waals surface area (Å²) in [5.41, 5.74) is -3.93. The number of hydrogen-bond donors (Lipinski definition) is 1. The molecular weight excluding hydrogens is 537 g/mol. The van der Waals surface area contributed by atoms with Crippen molar-refractivity contribution in [1.82, 2.24) is 10.2 Å². The highest BCUT2D eigenvalue weighted by Crippen LogP contribution is 2.46. The van der Waals surface area contributed by atoms with Crippen molar-refractivity contribution in [1.29, 1.82) is 0 Å². The standard InChI is InChI=1S/C31H29F3N2O5/c1-20-26(27(37)22-14-8-5-9-15-22)30(31(32,33)34,29(39)36(20)18-10-13-21-11-6-4-7-12-21)35-28(38)23-16-17-24(40-2)25(19-23)41-3/h4-9,11-12,14-17,19H,10,13,18H2,1-3H3,(H,35,38)/t30-/m1/s1. The fourth-order valence-corrected chi connectivity index (χ4v) is 4.96. The minimum Gasteiger partial charge on any atom is -0.493 e. The molecule has 10 heteroatoms. The molecule has 1 N–H and O–H groups in total. The van der Waals surface area contributed by atoms with Gasteiger partial charge in [0.2, 0.25) is 5.54 Å². The van der Waals surface area contributed by atoms with Crippen LogP contribution < -0.4 is 14.8 Å². The van der Waals surface area contributed by atoms with Crippen LogP contribution in [0.4, 0.5) is 13.2 Å². The van der Waals surface area contributed by atoms with Crippen molar-refractivity contribution < 1.29 is 37.0 Å². The summed E-state index contributed by atoms with van der Waals surface area (Å²) in [6, 6.07) is 20.5. The number of ketones is 1. The monoisotopic (exact) mass is 566 g/mol. The van der Waals surface area contributed by atoms with Crippen LogP contribution in [0.25, 0.3) is 0 Å². The Labute approximate surface area is 235 Å². The molecule has 4 rings (SSSR count). The van der Waals surface area contributed by atoms with E-state index in [1.807, 2.05) is 35.6 Å². The summed E-state index contributed by atoms with van der Waals surface area (Å²) < 4.78 is 55.8. The van der Waals surface area contributed by atoms with Crippen LogP contribution >= 0.6 is 0 Å². The minimum atomic E-state index is -5.36. The quantitative estimate of drug-likeness (QED) is 0.334. The lowest BCUT2D eigenvalue weighted by Crippen LogP contribution is -2.66. The van der Waals surface area contributed by atoms with Crippen molar-refractivity contribution in [2.75, 3.05) is 20.8 Å². The number of Topliss-reactive ketones (excluding diaryl/α,β-unsaturated/α-hetero) is 1.